The molecule has 5 nitrogen and oxygen atoms in total. The lowest BCUT2D eigenvalue weighted by Crippen LogP contribution is -2.28. The Morgan fingerprint density at radius 3 is 3.00 bits per heavy atom. The Kier molecular flexibility index (Phi) is 4.48. The van der Waals surface area contributed by atoms with Crippen molar-refractivity contribution < 1.29 is 9.53 Å². The van der Waals surface area contributed by atoms with Gasteiger partial charge in [-0.25, -0.2) is 4.98 Å². The number of pyridine rings is 1. The van der Waals surface area contributed by atoms with Crippen molar-refractivity contribution in [2.24, 2.45) is 0 Å². The molecule has 3 rings (SSSR count). The number of hydrogen-bond acceptors (Lipinski definition) is 3. The van der Waals surface area contributed by atoms with E-state index in [4.69, 9.17) is 16.3 Å². The molecule has 0 spiro atoms. The Morgan fingerprint density at radius 2 is 2.17 bits per heavy atom. The molecule has 0 aliphatic heterocycles. The average molecular weight is 330 g/mol. The fourth-order valence-electron chi connectivity index (χ4n) is 2.17. The van der Waals surface area contributed by atoms with Gasteiger partial charge >= 0.3 is 0 Å². The summed E-state index contributed by atoms with van der Waals surface area (Å²) in [5, 5.41) is 3.26. The van der Waals surface area contributed by atoms with Gasteiger partial charge in [0.05, 0.1) is 17.3 Å². The van der Waals surface area contributed by atoms with E-state index >= 15 is 0 Å². The maximum atomic E-state index is 11.9. The number of fused-ring (bicyclic) bond motifs is 1. The summed E-state index contributed by atoms with van der Waals surface area (Å²) in [7, 11) is 0. The van der Waals surface area contributed by atoms with Crippen LogP contribution in [0.25, 0.3) is 5.65 Å². The Bertz CT molecular complexity index is 845. The predicted octanol–water partition coefficient (Wildman–Crippen LogP) is 2.99. The van der Waals surface area contributed by atoms with E-state index in [0.717, 1.165) is 16.9 Å². The summed E-state index contributed by atoms with van der Waals surface area (Å²) >= 11 is 5.97. The number of aryl methyl sites for hydroxylation is 1. The van der Waals surface area contributed by atoms with E-state index in [1.165, 1.54) is 0 Å². The number of carbonyl (C=O) groups excluding carboxylic acids is 1. The first kappa shape index (κ1) is 15.4. The lowest BCUT2D eigenvalue weighted by molar-refractivity contribution is -0.123. The summed E-state index contributed by atoms with van der Waals surface area (Å²) < 4.78 is 7.32. The van der Waals surface area contributed by atoms with Gasteiger partial charge < -0.3 is 14.5 Å². The van der Waals surface area contributed by atoms with Gasteiger partial charge in [-0.2, -0.15) is 0 Å². The third kappa shape index (κ3) is 3.81. The van der Waals surface area contributed by atoms with Crippen molar-refractivity contribution in [1.82, 2.24) is 14.7 Å². The van der Waals surface area contributed by atoms with Crippen LogP contribution in [-0.4, -0.2) is 21.9 Å². The van der Waals surface area contributed by atoms with Gasteiger partial charge in [-0.15, -0.1) is 0 Å². The molecular formula is C17H16ClN3O2. The number of nitrogens with zero attached hydrogens (tertiary/aromatic N) is 2. The van der Waals surface area contributed by atoms with Crippen LogP contribution in [0.5, 0.6) is 5.75 Å². The summed E-state index contributed by atoms with van der Waals surface area (Å²) in [6, 6.07) is 11.0. The van der Waals surface area contributed by atoms with Crippen LogP contribution in [0, 0.1) is 6.92 Å². The largest absolute Gasteiger partial charge is 0.482 e. The number of benzene rings is 1. The van der Waals surface area contributed by atoms with Crippen molar-refractivity contribution in [3.05, 3.63) is 65.1 Å². The third-order valence-electron chi connectivity index (χ3n) is 3.33. The van der Waals surface area contributed by atoms with Gasteiger partial charge in [0, 0.05) is 12.4 Å². The van der Waals surface area contributed by atoms with E-state index in [1.54, 1.807) is 24.3 Å². The number of para-hydroxylation sites is 1. The van der Waals surface area contributed by atoms with E-state index in [0.29, 0.717) is 17.3 Å². The Morgan fingerprint density at radius 1 is 1.35 bits per heavy atom. The molecule has 0 saturated heterocycles. The van der Waals surface area contributed by atoms with Gasteiger partial charge in [0.1, 0.15) is 11.4 Å². The summed E-state index contributed by atoms with van der Waals surface area (Å²) in [6.07, 6.45) is 3.84. The minimum atomic E-state index is -0.224. The molecule has 0 aliphatic rings. The molecule has 1 amide bonds. The molecule has 0 aliphatic carbocycles. The SMILES string of the molecule is Cc1ccn2cc(CNC(=O)COc3ccccc3Cl)nc2c1. The van der Waals surface area contributed by atoms with Gasteiger partial charge in [0.2, 0.25) is 0 Å². The summed E-state index contributed by atoms with van der Waals surface area (Å²) in [6.45, 7) is 2.28. The molecule has 6 heteroatoms. The topological polar surface area (TPSA) is 55.6 Å². The Hall–Kier alpha value is -2.53. The Labute approximate surface area is 138 Å². The first-order valence-electron chi connectivity index (χ1n) is 7.20. The van der Waals surface area contributed by atoms with Crippen molar-refractivity contribution in [3.63, 3.8) is 0 Å². The van der Waals surface area contributed by atoms with Crippen molar-refractivity contribution >= 4 is 23.2 Å². The first-order valence-corrected chi connectivity index (χ1v) is 7.58. The molecule has 0 radical (unpaired) electrons. The maximum Gasteiger partial charge on any atom is 0.258 e. The zero-order valence-corrected chi connectivity index (χ0v) is 13.4. The highest BCUT2D eigenvalue weighted by Crippen LogP contribution is 2.22. The number of rotatable bonds is 5. The fourth-order valence-corrected chi connectivity index (χ4v) is 2.36. The van der Waals surface area contributed by atoms with Crippen LogP contribution in [0.1, 0.15) is 11.3 Å². The lowest BCUT2D eigenvalue weighted by Gasteiger charge is -2.07. The van der Waals surface area contributed by atoms with Crippen molar-refractivity contribution in [1.29, 1.82) is 0 Å². The lowest BCUT2D eigenvalue weighted by atomic mass is 10.3. The molecule has 0 saturated carbocycles. The van der Waals surface area contributed by atoms with E-state index in [2.05, 4.69) is 10.3 Å². The monoisotopic (exact) mass is 329 g/mol. The van der Waals surface area contributed by atoms with Crippen LogP contribution >= 0.6 is 11.6 Å². The van der Waals surface area contributed by atoms with Crippen LogP contribution in [0.15, 0.2) is 48.8 Å². The fraction of sp³-hybridized carbons (Fsp3) is 0.176. The van der Waals surface area contributed by atoms with E-state index in [1.807, 2.05) is 35.9 Å². The maximum absolute atomic E-state index is 11.9. The van der Waals surface area contributed by atoms with Gasteiger partial charge in [-0.05, 0) is 36.8 Å². The van der Waals surface area contributed by atoms with Gasteiger partial charge in [0.15, 0.2) is 6.61 Å². The summed E-state index contributed by atoms with van der Waals surface area (Å²) in [4.78, 5) is 16.3. The standard InChI is InChI=1S/C17H16ClN3O2/c1-12-6-7-21-10-13(20-16(21)8-12)9-19-17(22)11-23-15-5-3-2-4-14(15)18/h2-8,10H,9,11H2,1H3,(H,19,22). The number of aromatic nitrogens is 2. The van der Waals surface area contributed by atoms with E-state index < -0.39 is 0 Å². The minimum absolute atomic E-state index is 0.0871. The van der Waals surface area contributed by atoms with Crippen LogP contribution in [0.3, 0.4) is 0 Å². The quantitative estimate of drug-likeness (QED) is 0.783. The third-order valence-corrected chi connectivity index (χ3v) is 3.64. The van der Waals surface area contributed by atoms with Gasteiger partial charge in [-0.3, -0.25) is 4.79 Å². The number of imidazole rings is 1. The molecule has 2 aromatic heterocycles. The Balaban J connectivity index is 1.54. The molecule has 0 fully saturated rings. The van der Waals surface area contributed by atoms with Crippen molar-refractivity contribution in [3.8, 4) is 5.75 Å². The highest BCUT2D eigenvalue weighted by atomic mass is 35.5. The van der Waals surface area contributed by atoms with E-state index in [-0.39, 0.29) is 12.5 Å². The average Bonchev–Trinajstić information content (AvgIpc) is 2.94. The molecule has 0 atom stereocenters. The molecular weight excluding hydrogens is 314 g/mol. The predicted molar refractivity (Wildman–Crippen MR) is 88.7 cm³/mol. The minimum Gasteiger partial charge on any atom is -0.482 e. The molecule has 0 bridgehead atoms. The second kappa shape index (κ2) is 6.71. The number of amides is 1. The number of nitrogens with one attached hydrogen (secondary N) is 1. The number of ether oxygens (including phenoxy) is 1. The molecule has 1 N–H and O–H groups in total. The van der Waals surface area contributed by atoms with Gasteiger partial charge in [-0.1, -0.05) is 23.7 Å². The second-order valence-corrected chi connectivity index (χ2v) is 5.60. The molecule has 3 aromatic rings. The highest BCUT2D eigenvalue weighted by molar-refractivity contribution is 6.32. The molecule has 2 heterocycles. The van der Waals surface area contributed by atoms with Gasteiger partial charge in [0.25, 0.3) is 5.91 Å². The molecule has 23 heavy (non-hydrogen) atoms. The zero-order valence-electron chi connectivity index (χ0n) is 12.6. The first-order chi connectivity index (χ1) is 11.1. The number of hydrogen-bond donors (Lipinski definition) is 1. The molecule has 1 aromatic carbocycles. The molecule has 0 unspecified atom stereocenters. The molecule has 118 valence electrons. The number of halogens is 1. The van der Waals surface area contributed by atoms with Crippen molar-refractivity contribution in [2.75, 3.05) is 6.61 Å². The second-order valence-electron chi connectivity index (χ2n) is 5.20. The van der Waals surface area contributed by atoms with Crippen LogP contribution in [0.2, 0.25) is 5.02 Å². The van der Waals surface area contributed by atoms with E-state index in [9.17, 15) is 4.79 Å². The van der Waals surface area contributed by atoms with Crippen molar-refractivity contribution in [2.45, 2.75) is 13.5 Å². The smallest absolute Gasteiger partial charge is 0.258 e. The number of carbonyl (C=O) groups is 1. The normalized spacial score (nSPS) is 10.7. The van der Waals surface area contributed by atoms with Crippen LogP contribution in [0.4, 0.5) is 0 Å². The zero-order chi connectivity index (χ0) is 16.2. The van der Waals surface area contributed by atoms with Crippen LogP contribution in [-0.2, 0) is 11.3 Å². The van der Waals surface area contributed by atoms with Crippen LogP contribution < -0.4 is 10.1 Å². The summed E-state index contributed by atoms with van der Waals surface area (Å²) in [5.74, 6) is 0.269. The highest BCUT2D eigenvalue weighted by Gasteiger charge is 2.07. The summed E-state index contributed by atoms with van der Waals surface area (Å²) in [5.41, 5.74) is 2.80.